The van der Waals surface area contributed by atoms with Crippen molar-refractivity contribution in [1.82, 2.24) is 24.8 Å². The van der Waals surface area contributed by atoms with E-state index in [1.165, 1.54) is 0 Å². The summed E-state index contributed by atoms with van der Waals surface area (Å²) in [5, 5.41) is 12.7. The Morgan fingerprint density at radius 2 is 1.91 bits per heavy atom. The summed E-state index contributed by atoms with van der Waals surface area (Å²) < 4.78 is 18.3. The Kier molecular flexibility index (Phi) is 5.55. The van der Waals surface area contributed by atoms with E-state index in [2.05, 4.69) is 19.9 Å². The quantitative estimate of drug-likeness (QED) is 0.583. The summed E-state index contributed by atoms with van der Waals surface area (Å²) in [6.07, 6.45) is 6.80. The van der Waals surface area contributed by atoms with Crippen molar-refractivity contribution >= 4 is 5.91 Å². The first-order valence-electron chi connectivity index (χ1n) is 11.0. The molecule has 3 heterocycles. The number of benzene rings is 1. The van der Waals surface area contributed by atoms with Crippen molar-refractivity contribution in [2.24, 2.45) is 0 Å². The van der Waals surface area contributed by atoms with Gasteiger partial charge in [0, 0.05) is 24.5 Å². The first-order chi connectivity index (χ1) is 15.7. The molecule has 0 spiro atoms. The summed E-state index contributed by atoms with van der Waals surface area (Å²) in [5.74, 6) is 3.82. The summed E-state index contributed by atoms with van der Waals surface area (Å²) in [5.41, 5.74) is 0.927. The molecule has 2 atom stereocenters. The second-order valence-corrected chi connectivity index (χ2v) is 8.30. The molecule has 1 aliphatic carbocycles. The molecule has 5 rings (SSSR count). The highest BCUT2D eigenvalue weighted by Gasteiger charge is 2.41. The molecule has 0 bridgehead atoms. The Balaban J connectivity index is 1.45. The molecule has 1 fully saturated rings. The Bertz CT molecular complexity index is 1090. The second-order valence-electron chi connectivity index (χ2n) is 8.30. The average molecular weight is 438 g/mol. The van der Waals surface area contributed by atoms with Crippen LogP contribution in [0.25, 0.3) is 11.4 Å². The number of fused-ring (bicyclic) bond motifs is 3. The molecular weight excluding hydrogens is 410 g/mol. The predicted molar refractivity (Wildman–Crippen MR) is 115 cm³/mol. The Morgan fingerprint density at radius 1 is 1.09 bits per heavy atom. The van der Waals surface area contributed by atoms with Crippen molar-refractivity contribution < 1.29 is 18.8 Å². The minimum atomic E-state index is 0.125. The number of carbonyl (C=O) groups excluding carboxylic acids is 1. The van der Waals surface area contributed by atoms with Crippen LogP contribution in [-0.2, 0) is 17.8 Å². The molecule has 1 aliphatic heterocycles. The van der Waals surface area contributed by atoms with Gasteiger partial charge in [-0.25, -0.2) is 0 Å². The number of amides is 1. The first-order valence-corrected chi connectivity index (χ1v) is 11.0. The topological polar surface area (TPSA) is 95.5 Å². The number of nitrogens with zero attached hydrogens (tertiary/aromatic N) is 5. The predicted octanol–water partition coefficient (Wildman–Crippen LogP) is 3.41. The molecule has 32 heavy (non-hydrogen) atoms. The molecule has 0 radical (unpaired) electrons. The minimum absolute atomic E-state index is 0.125. The summed E-state index contributed by atoms with van der Waals surface area (Å²) in [4.78, 5) is 15.2. The molecule has 3 aromatic rings. The molecule has 2 unspecified atom stereocenters. The van der Waals surface area contributed by atoms with E-state index < -0.39 is 0 Å². The van der Waals surface area contributed by atoms with E-state index >= 15 is 0 Å². The van der Waals surface area contributed by atoms with Gasteiger partial charge in [0.15, 0.2) is 23.1 Å². The van der Waals surface area contributed by atoms with Crippen LogP contribution in [0.4, 0.5) is 0 Å². The van der Waals surface area contributed by atoms with Gasteiger partial charge in [-0.15, -0.1) is 10.2 Å². The van der Waals surface area contributed by atoms with Gasteiger partial charge in [0.05, 0.1) is 39.0 Å². The molecule has 1 amide bonds. The molecule has 168 valence electrons. The number of rotatable bonds is 6. The van der Waals surface area contributed by atoms with Gasteiger partial charge < -0.3 is 23.5 Å². The van der Waals surface area contributed by atoms with Crippen LogP contribution in [0.3, 0.4) is 0 Å². The lowest BCUT2D eigenvalue weighted by Gasteiger charge is -2.44. The van der Waals surface area contributed by atoms with Crippen LogP contribution in [0.2, 0.25) is 0 Å². The summed E-state index contributed by atoms with van der Waals surface area (Å²) in [6.45, 7) is 0.469. The van der Waals surface area contributed by atoms with Crippen LogP contribution in [0.5, 0.6) is 11.5 Å². The molecule has 1 aromatic carbocycles. The number of hydrogen-bond acceptors (Lipinski definition) is 7. The molecule has 0 N–H and O–H groups in total. The molecular formula is C23H27N5O4. The first kappa shape index (κ1) is 20.5. The second kappa shape index (κ2) is 8.64. The van der Waals surface area contributed by atoms with Crippen LogP contribution >= 0.6 is 0 Å². The zero-order valence-electron chi connectivity index (χ0n) is 18.4. The fraction of sp³-hybridized carbons (Fsp3) is 0.478. The molecule has 2 aromatic heterocycles. The Morgan fingerprint density at radius 3 is 2.66 bits per heavy atom. The van der Waals surface area contributed by atoms with Crippen molar-refractivity contribution in [2.75, 3.05) is 14.2 Å². The number of aromatic nitrogens is 4. The number of carbonyl (C=O) groups is 1. The van der Waals surface area contributed by atoms with Gasteiger partial charge in [-0.05, 0) is 31.0 Å². The molecule has 0 saturated heterocycles. The number of aryl methyl sites for hydroxylation is 1. The SMILES string of the molecule is COc1ccc(-c2nnc3n2C2CCCCC2N(C(=O)CCc2ccno2)C3)cc1OC. The standard InChI is InChI=1S/C23H27N5O4/c1-30-19-9-7-15(13-20(19)31-2)23-26-25-21-14-27(17-5-3-4-6-18(17)28(21)23)22(29)10-8-16-11-12-24-32-16/h7,9,11-13,17-18H,3-6,8,10,14H2,1-2H3. The van der Waals surface area contributed by atoms with Crippen molar-refractivity contribution in [3.8, 4) is 22.9 Å². The number of methoxy groups -OCH3 is 2. The lowest BCUT2D eigenvalue weighted by molar-refractivity contribution is -0.137. The van der Waals surface area contributed by atoms with Crippen molar-refractivity contribution in [3.63, 3.8) is 0 Å². The largest absolute Gasteiger partial charge is 0.493 e. The zero-order chi connectivity index (χ0) is 22.1. The van der Waals surface area contributed by atoms with Crippen LogP contribution < -0.4 is 9.47 Å². The summed E-state index contributed by atoms with van der Waals surface area (Å²) in [6, 6.07) is 7.91. The van der Waals surface area contributed by atoms with E-state index in [4.69, 9.17) is 14.0 Å². The lowest BCUT2D eigenvalue weighted by atomic mass is 9.86. The maximum atomic E-state index is 13.2. The lowest BCUT2D eigenvalue weighted by Crippen LogP contribution is -2.50. The van der Waals surface area contributed by atoms with Crippen molar-refractivity contribution in [3.05, 3.63) is 42.0 Å². The van der Waals surface area contributed by atoms with Crippen molar-refractivity contribution in [1.29, 1.82) is 0 Å². The third-order valence-corrected chi connectivity index (χ3v) is 6.54. The maximum Gasteiger partial charge on any atom is 0.223 e. The van der Waals surface area contributed by atoms with Gasteiger partial charge in [-0.2, -0.15) is 0 Å². The summed E-state index contributed by atoms with van der Waals surface area (Å²) in [7, 11) is 3.25. The van der Waals surface area contributed by atoms with E-state index in [1.807, 2.05) is 23.1 Å². The van der Waals surface area contributed by atoms with Crippen molar-refractivity contribution in [2.45, 2.75) is 57.2 Å². The third-order valence-electron chi connectivity index (χ3n) is 6.54. The summed E-state index contributed by atoms with van der Waals surface area (Å²) >= 11 is 0. The van der Waals surface area contributed by atoms with Gasteiger partial charge in [0.2, 0.25) is 5.91 Å². The molecule has 9 nitrogen and oxygen atoms in total. The van der Waals surface area contributed by atoms with Crippen LogP contribution in [0.1, 0.15) is 49.7 Å². The smallest absolute Gasteiger partial charge is 0.223 e. The number of hydrogen-bond donors (Lipinski definition) is 0. The van der Waals surface area contributed by atoms with Gasteiger partial charge in [0.25, 0.3) is 0 Å². The van der Waals surface area contributed by atoms with E-state index in [1.54, 1.807) is 26.5 Å². The van der Waals surface area contributed by atoms with E-state index in [9.17, 15) is 4.79 Å². The van der Waals surface area contributed by atoms with Gasteiger partial charge in [0.1, 0.15) is 5.76 Å². The third kappa shape index (κ3) is 3.61. The average Bonchev–Trinajstić information content (AvgIpc) is 3.51. The monoisotopic (exact) mass is 437 g/mol. The molecule has 9 heteroatoms. The van der Waals surface area contributed by atoms with Gasteiger partial charge in [-0.1, -0.05) is 18.0 Å². The zero-order valence-corrected chi connectivity index (χ0v) is 18.4. The Labute approximate surface area is 186 Å². The number of ether oxygens (including phenoxy) is 2. The highest BCUT2D eigenvalue weighted by atomic mass is 16.5. The minimum Gasteiger partial charge on any atom is -0.493 e. The fourth-order valence-electron chi connectivity index (χ4n) is 5.00. The van der Waals surface area contributed by atoms with Crippen LogP contribution in [0.15, 0.2) is 35.0 Å². The highest BCUT2D eigenvalue weighted by molar-refractivity contribution is 5.77. The maximum absolute atomic E-state index is 13.2. The van der Waals surface area contributed by atoms with E-state index in [0.29, 0.717) is 30.9 Å². The Hall–Kier alpha value is -3.36. The molecule has 2 aliphatic rings. The van der Waals surface area contributed by atoms with E-state index in [-0.39, 0.29) is 18.0 Å². The van der Waals surface area contributed by atoms with Crippen LogP contribution in [-0.4, -0.2) is 51.0 Å². The normalized spacial score (nSPS) is 19.9. The molecule has 1 saturated carbocycles. The highest BCUT2D eigenvalue weighted by Crippen LogP contribution is 2.41. The fourth-order valence-corrected chi connectivity index (χ4v) is 5.00. The van der Waals surface area contributed by atoms with Crippen LogP contribution in [0, 0.1) is 0 Å². The van der Waals surface area contributed by atoms with Gasteiger partial charge >= 0.3 is 0 Å². The van der Waals surface area contributed by atoms with E-state index in [0.717, 1.165) is 48.7 Å². The van der Waals surface area contributed by atoms with Gasteiger partial charge in [-0.3, -0.25) is 4.79 Å².